The van der Waals surface area contributed by atoms with Crippen molar-refractivity contribution in [3.8, 4) is 0 Å². The number of aromatic nitrogens is 3. The summed E-state index contributed by atoms with van der Waals surface area (Å²) in [6, 6.07) is 16.0. The quantitative estimate of drug-likeness (QED) is 0.181. The molecular weight excluding hydrogens is 537 g/mol. The number of carbonyl (C=O) groups is 2. The maximum atomic E-state index is 12.3. The first-order valence-electron chi connectivity index (χ1n) is 11.3. The number of aliphatic hydroxyl groups is 1. The third-order valence-electron chi connectivity index (χ3n) is 5.64. The smallest absolute Gasteiger partial charge is 0.406 e. The Kier molecular flexibility index (Phi) is 7.90. The minimum atomic E-state index is -4.43. The molecule has 8 N–H and O–H groups in total. The number of carboxylic acids is 1. The summed E-state index contributed by atoms with van der Waals surface area (Å²) in [6.07, 6.45) is -5.79. The SMILES string of the molecule is Nc1nc2ccc(NC(=O)C(O)C(N)c3ccccc3)cc2[nH]1.O=C(O)c1cc2sccc2n1CC(F)(F)F. The van der Waals surface area contributed by atoms with Gasteiger partial charge in [0.25, 0.3) is 5.91 Å². The summed E-state index contributed by atoms with van der Waals surface area (Å²) in [5.41, 5.74) is 14.1. The minimum Gasteiger partial charge on any atom is -0.477 e. The molecule has 0 bridgehead atoms. The van der Waals surface area contributed by atoms with E-state index < -0.39 is 36.7 Å². The number of halogens is 3. The van der Waals surface area contributed by atoms with Gasteiger partial charge in [0, 0.05) is 5.69 Å². The predicted molar refractivity (Wildman–Crippen MR) is 141 cm³/mol. The van der Waals surface area contributed by atoms with Gasteiger partial charge in [-0.3, -0.25) is 4.79 Å². The number of carbonyl (C=O) groups excluding carboxylic acids is 1. The summed E-state index contributed by atoms with van der Waals surface area (Å²) in [7, 11) is 0. The summed E-state index contributed by atoms with van der Waals surface area (Å²) in [5.74, 6) is -1.63. The van der Waals surface area contributed by atoms with Crippen molar-refractivity contribution in [1.29, 1.82) is 0 Å². The second-order valence-corrected chi connectivity index (χ2v) is 9.38. The minimum absolute atomic E-state index is 0.301. The summed E-state index contributed by atoms with van der Waals surface area (Å²) in [5, 5.41) is 23.2. The molecule has 0 radical (unpaired) electrons. The Morgan fingerprint density at radius 3 is 2.51 bits per heavy atom. The van der Waals surface area contributed by atoms with Crippen LogP contribution in [0.25, 0.3) is 21.3 Å². The number of carboxylic acid groups (broad SMARTS) is 1. The van der Waals surface area contributed by atoms with Crippen LogP contribution < -0.4 is 16.8 Å². The van der Waals surface area contributed by atoms with E-state index in [-0.39, 0.29) is 5.69 Å². The summed E-state index contributed by atoms with van der Waals surface area (Å²) < 4.78 is 38.2. The fourth-order valence-electron chi connectivity index (χ4n) is 3.85. The number of thiophene rings is 1. The number of nitrogens with one attached hydrogen (secondary N) is 2. The Balaban J connectivity index is 0.000000193. The molecular formula is C25H23F3N6O4S. The van der Waals surface area contributed by atoms with E-state index >= 15 is 0 Å². The number of nitrogens with zero attached hydrogens (tertiary/aromatic N) is 2. The van der Waals surface area contributed by atoms with Crippen LogP contribution in [0.15, 0.2) is 66.0 Å². The van der Waals surface area contributed by atoms with Crippen LogP contribution in [0.1, 0.15) is 22.1 Å². The van der Waals surface area contributed by atoms with Crippen LogP contribution in [0.2, 0.25) is 0 Å². The second-order valence-electron chi connectivity index (χ2n) is 8.43. The molecule has 3 aromatic heterocycles. The molecule has 3 heterocycles. The van der Waals surface area contributed by atoms with Gasteiger partial charge in [-0.25, -0.2) is 9.78 Å². The molecule has 0 saturated carbocycles. The number of aliphatic hydroxyl groups excluding tert-OH is 1. The van der Waals surface area contributed by atoms with Crippen LogP contribution in [0.4, 0.5) is 24.8 Å². The molecule has 2 aromatic carbocycles. The van der Waals surface area contributed by atoms with Gasteiger partial charge in [-0.05, 0) is 41.3 Å². The van der Waals surface area contributed by atoms with E-state index in [1.54, 1.807) is 47.8 Å². The first-order valence-corrected chi connectivity index (χ1v) is 12.2. The lowest BCUT2D eigenvalue weighted by Crippen LogP contribution is -2.37. The van der Waals surface area contributed by atoms with Crippen LogP contribution in [-0.4, -0.2) is 48.9 Å². The maximum absolute atomic E-state index is 12.3. The van der Waals surface area contributed by atoms with Crippen molar-refractivity contribution < 1.29 is 33.0 Å². The van der Waals surface area contributed by atoms with Gasteiger partial charge in [0.05, 0.1) is 27.3 Å². The van der Waals surface area contributed by atoms with Crippen molar-refractivity contribution in [3.05, 3.63) is 77.3 Å². The van der Waals surface area contributed by atoms with Crippen LogP contribution >= 0.6 is 11.3 Å². The summed E-state index contributed by atoms with van der Waals surface area (Å²) in [4.78, 5) is 29.9. The van der Waals surface area contributed by atoms with E-state index in [9.17, 15) is 27.9 Å². The molecule has 2 atom stereocenters. The molecule has 0 spiro atoms. The van der Waals surface area contributed by atoms with Gasteiger partial charge in [-0.1, -0.05) is 30.3 Å². The number of hydrogen-bond donors (Lipinski definition) is 6. The van der Waals surface area contributed by atoms with Gasteiger partial charge in [-0.2, -0.15) is 13.2 Å². The number of hydrogen-bond acceptors (Lipinski definition) is 7. The number of aromatic amines is 1. The molecule has 0 fully saturated rings. The van der Waals surface area contributed by atoms with E-state index in [1.165, 1.54) is 23.5 Å². The maximum Gasteiger partial charge on any atom is 0.406 e. The van der Waals surface area contributed by atoms with E-state index in [4.69, 9.17) is 16.6 Å². The fourth-order valence-corrected chi connectivity index (χ4v) is 4.67. The lowest BCUT2D eigenvalue weighted by molar-refractivity contribution is -0.140. The highest BCUT2D eigenvalue weighted by Crippen LogP contribution is 2.29. The zero-order valence-corrected chi connectivity index (χ0v) is 20.8. The number of benzene rings is 2. The van der Waals surface area contributed by atoms with Crippen molar-refractivity contribution in [2.24, 2.45) is 5.73 Å². The van der Waals surface area contributed by atoms with Crippen molar-refractivity contribution in [2.45, 2.75) is 24.9 Å². The van der Waals surface area contributed by atoms with Gasteiger partial charge in [0.2, 0.25) is 0 Å². The number of rotatable bonds is 6. The third-order valence-corrected chi connectivity index (χ3v) is 6.49. The number of H-pyrrole nitrogens is 1. The van der Waals surface area contributed by atoms with E-state index in [2.05, 4.69) is 15.3 Å². The molecule has 5 aromatic rings. The number of anilines is 2. The van der Waals surface area contributed by atoms with Gasteiger partial charge in [-0.15, -0.1) is 11.3 Å². The normalized spacial score (nSPS) is 13.1. The molecule has 14 heteroatoms. The zero-order valence-electron chi connectivity index (χ0n) is 20.0. The highest BCUT2D eigenvalue weighted by molar-refractivity contribution is 7.17. The van der Waals surface area contributed by atoms with E-state index in [1.807, 2.05) is 6.07 Å². The molecule has 2 unspecified atom stereocenters. The van der Waals surface area contributed by atoms with Gasteiger partial charge < -0.3 is 36.5 Å². The highest BCUT2D eigenvalue weighted by Gasteiger charge is 2.31. The largest absolute Gasteiger partial charge is 0.477 e. The average molecular weight is 561 g/mol. The molecule has 0 aliphatic rings. The Bertz CT molecular complexity index is 1610. The Morgan fingerprint density at radius 1 is 1.13 bits per heavy atom. The van der Waals surface area contributed by atoms with Crippen molar-refractivity contribution >= 4 is 56.1 Å². The molecule has 39 heavy (non-hydrogen) atoms. The topological polar surface area (TPSA) is 172 Å². The number of alkyl halides is 3. The van der Waals surface area contributed by atoms with Crippen LogP contribution in [0, 0.1) is 0 Å². The number of nitrogens with two attached hydrogens (primary N) is 2. The second kappa shape index (κ2) is 11.1. The lowest BCUT2D eigenvalue weighted by atomic mass is 10.0. The monoisotopic (exact) mass is 560 g/mol. The van der Waals surface area contributed by atoms with E-state index in [0.717, 1.165) is 4.57 Å². The van der Waals surface area contributed by atoms with Gasteiger partial charge >= 0.3 is 12.1 Å². The Hall–Kier alpha value is -4.40. The zero-order chi connectivity index (χ0) is 28.3. The van der Waals surface area contributed by atoms with Crippen LogP contribution in [0.5, 0.6) is 0 Å². The fraction of sp³-hybridized carbons (Fsp3) is 0.160. The van der Waals surface area contributed by atoms with Crippen LogP contribution in [-0.2, 0) is 11.3 Å². The molecule has 0 aliphatic heterocycles. The molecule has 5 rings (SSSR count). The van der Waals surface area contributed by atoms with Crippen molar-refractivity contribution in [2.75, 3.05) is 11.1 Å². The number of imidazole rings is 1. The first-order chi connectivity index (χ1) is 18.4. The summed E-state index contributed by atoms with van der Waals surface area (Å²) in [6.45, 7) is -1.28. The summed E-state index contributed by atoms with van der Waals surface area (Å²) >= 11 is 1.21. The van der Waals surface area contributed by atoms with Crippen molar-refractivity contribution in [1.82, 2.24) is 14.5 Å². The van der Waals surface area contributed by atoms with Gasteiger partial charge in [0.1, 0.15) is 12.2 Å². The third kappa shape index (κ3) is 6.54. The Morgan fingerprint density at radius 2 is 1.85 bits per heavy atom. The standard InChI is InChI=1S/C16H17N5O2.C9H6F3NO2S/c17-13(9-4-2-1-3-5-9)14(22)15(23)19-10-6-7-11-12(8-10)21-16(18)20-11;10-9(11,12)4-13-5-1-2-16-7(5)3-6(13)8(14)15/h1-8,13-14,22H,17H2,(H,19,23)(H3,18,20,21);1-3H,4H2,(H,14,15). The molecule has 204 valence electrons. The number of amides is 1. The number of nitrogen functional groups attached to an aromatic ring is 1. The lowest BCUT2D eigenvalue weighted by Gasteiger charge is -2.18. The molecule has 10 nitrogen and oxygen atoms in total. The number of aromatic carboxylic acids is 1. The molecule has 1 amide bonds. The van der Waals surface area contributed by atoms with Crippen molar-refractivity contribution in [3.63, 3.8) is 0 Å². The molecule has 0 aliphatic carbocycles. The predicted octanol–water partition coefficient (Wildman–Crippen LogP) is 4.11. The van der Waals surface area contributed by atoms with Crippen LogP contribution in [0.3, 0.4) is 0 Å². The Labute approximate surface area is 222 Å². The first kappa shape index (κ1) is 27.6. The molecule has 0 saturated heterocycles. The number of fused-ring (bicyclic) bond motifs is 2. The van der Waals surface area contributed by atoms with E-state index in [0.29, 0.717) is 38.4 Å². The van der Waals surface area contributed by atoms with Gasteiger partial charge in [0.15, 0.2) is 12.1 Å². The average Bonchev–Trinajstić information content (AvgIpc) is 3.58. The highest BCUT2D eigenvalue weighted by atomic mass is 32.1.